The molecule has 12 nitrogen and oxygen atoms in total. The number of sulfone groups is 1. The summed E-state index contributed by atoms with van der Waals surface area (Å²) in [4.78, 5) is 42.1. The molecule has 0 aliphatic carbocycles. The molecule has 4 bridgehead atoms. The Kier molecular flexibility index (Phi) is 9.67. The number of hydrogen-bond donors (Lipinski definition) is 4. The van der Waals surface area contributed by atoms with Crippen molar-refractivity contribution in [3.63, 3.8) is 0 Å². The first kappa shape index (κ1) is 33.4. The quantitative estimate of drug-likeness (QED) is 0.328. The van der Waals surface area contributed by atoms with E-state index in [-0.39, 0.29) is 48.4 Å². The summed E-state index contributed by atoms with van der Waals surface area (Å²) >= 11 is 0. The SMILES string of the molecule is CS(=O)(=O)c1ccc(-c2ccc3c(c2)OCC[C@@H]2CC[C@H](O)[C@@H](CNC(=O)[C@@H]4C[C@@H](CN4C(=O)Nc4cccc(F)c4)NC3=O)O2)cc1. The second kappa shape index (κ2) is 13.9. The van der Waals surface area contributed by atoms with Crippen LogP contribution >= 0.6 is 0 Å². The second-order valence-corrected chi connectivity index (χ2v) is 14.4. The molecule has 5 atom stereocenters. The van der Waals surface area contributed by atoms with Gasteiger partial charge >= 0.3 is 6.03 Å². The van der Waals surface area contributed by atoms with Crippen LogP contribution in [-0.2, 0) is 19.4 Å². The first-order valence-corrected chi connectivity index (χ1v) is 17.7. The molecule has 0 unspecified atom stereocenters. The van der Waals surface area contributed by atoms with Crippen molar-refractivity contribution < 1.29 is 41.8 Å². The van der Waals surface area contributed by atoms with Gasteiger partial charge in [0.2, 0.25) is 5.91 Å². The lowest BCUT2D eigenvalue weighted by Crippen LogP contribution is -2.51. The zero-order valence-corrected chi connectivity index (χ0v) is 27.0. The maximum absolute atomic E-state index is 13.8. The Morgan fingerprint density at radius 1 is 1.02 bits per heavy atom. The fourth-order valence-corrected chi connectivity index (χ4v) is 6.94. The second-order valence-electron chi connectivity index (χ2n) is 12.3. The molecule has 3 aromatic rings. The molecule has 254 valence electrons. The van der Waals surface area contributed by atoms with Gasteiger partial charge < -0.3 is 35.4 Å². The maximum Gasteiger partial charge on any atom is 0.322 e. The van der Waals surface area contributed by atoms with Gasteiger partial charge in [-0.15, -0.1) is 0 Å². The lowest BCUT2D eigenvalue weighted by molar-refractivity contribution is -0.133. The third kappa shape index (κ3) is 7.61. The molecule has 48 heavy (non-hydrogen) atoms. The third-order valence-electron chi connectivity index (χ3n) is 8.87. The van der Waals surface area contributed by atoms with Gasteiger partial charge in [0.25, 0.3) is 5.91 Å². The fraction of sp³-hybridized carbons (Fsp3) is 0.382. The van der Waals surface area contributed by atoms with Crippen LogP contribution in [0.4, 0.5) is 14.9 Å². The van der Waals surface area contributed by atoms with Crippen molar-refractivity contribution in [3.05, 3.63) is 78.1 Å². The van der Waals surface area contributed by atoms with E-state index in [9.17, 15) is 32.3 Å². The Morgan fingerprint density at radius 2 is 1.79 bits per heavy atom. The monoisotopic (exact) mass is 680 g/mol. The number of anilines is 1. The third-order valence-corrected chi connectivity index (χ3v) is 10.0. The van der Waals surface area contributed by atoms with Gasteiger partial charge in [0.1, 0.15) is 23.7 Å². The number of fused-ring (bicyclic) bond motifs is 5. The summed E-state index contributed by atoms with van der Waals surface area (Å²) in [5.74, 6) is -1.18. The van der Waals surface area contributed by atoms with Gasteiger partial charge in [-0.2, -0.15) is 0 Å². The summed E-state index contributed by atoms with van der Waals surface area (Å²) in [5, 5.41) is 19.0. The Morgan fingerprint density at radius 3 is 2.54 bits per heavy atom. The van der Waals surface area contributed by atoms with Gasteiger partial charge in [0.15, 0.2) is 9.84 Å². The number of amides is 4. The highest BCUT2D eigenvalue weighted by atomic mass is 32.2. The zero-order valence-electron chi connectivity index (χ0n) is 26.2. The molecule has 4 N–H and O–H groups in total. The van der Waals surface area contributed by atoms with E-state index < -0.39 is 57.8 Å². The summed E-state index contributed by atoms with van der Waals surface area (Å²) in [6.45, 7) is 0.223. The van der Waals surface area contributed by atoms with E-state index >= 15 is 0 Å². The fourth-order valence-electron chi connectivity index (χ4n) is 6.31. The van der Waals surface area contributed by atoms with E-state index in [1.165, 1.54) is 35.2 Å². The number of aliphatic hydroxyl groups is 1. The molecule has 4 amide bonds. The highest BCUT2D eigenvalue weighted by molar-refractivity contribution is 7.90. The molecule has 3 heterocycles. The molecule has 0 aromatic heterocycles. The molecular formula is C34H37FN4O8S. The van der Waals surface area contributed by atoms with Gasteiger partial charge in [0, 0.05) is 37.5 Å². The van der Waals surface area contributed by atoms with Gasteiger partial charge in [-0.1, -0.05) is 24.3 Å². The van der Waals surface area contributed by atoms with E-state index in [0.717, 1.165) is 17.9 Å². The van der Waals surface area contributed by atoms with E-state index in [4.69, 9.17) is 9.47 Å². The molecule has 14 heteroatoms. The Bertz CT molecular complexity index is 1800. The summed E-state index contributed by atoms with van der Waals surface area (Å²) in [6, 6.07) is 14.6. The Labute approximate surface area is 277 Å². The summed E-state index contributed by atoms with van der Waals surface area (Å²) in [7, 11) is -3.38. The number of carbonyl (C=O) groups excluding carboxylic acids is 3. The molecule has 0 spiro atoms. The number of aliphatic hydroxyl groups excluding tert-OH is 1. The van der Waals surface area contributed by atoms with Crippen molar-refractivity contribution in [3.8, 4) is 16.9 Å². The molecule has 2 saturated heterocycles. The van der Waals surface area contributed by atoms with E-state index in [2.05, 4.69) is 16.0 Å². The molecule has 3 aromatic carbocycles. The summed E-state index contributed by atoms with van der Waals surface area (Å²) in [6.07, 6.45) is 1.02. The van der Waals surface area contributed by atoms with Crippen LogP contribution in [0, 0.1) is 5.82 Å². The first-order valence-electron chi connectivity index (χ1n) is 15.8. The van der Waals surface area contributed by atoms with Crippen molar-refractivity contribution in [2.45, 2.75) is 61.0 Å². The van der Waals surface area contributed by atoms with Gasteiger partial charge in [-0.05, 0) is 72.9 Å². The topological polar surface area (TPSA) is 163 Å². The number of benzene rings is 3. The molecule has 0 saturated carbocycles. The molecule has 0 radical (unpaired) electrons. The number of nitrogens with one attached hydrogen (secondary N) is 3. The molecule has 3 aliphatic heterocycles. The largest absolute Gasteiger partial charge is 0.493 e. The van der Waals surface area contributed by atoms with Crippen LogP contribution in [0.1, 0.15) is 36.0 Å². The molecule has 3 aliphatic rings. The average molecular weight is 681 g/mol. The predicted octanol–water partition coefficient (Wildman–Crippen LogP) is 3.11. The van der Waals surface area contributed by atoms with Crippen LogP contribution in [-0.4, -0.2) is 92.6 Å². The number of nitrogens with zero attached hydrogens (tertiary/aromatic N) is 1. The minimum absolute atomic E-state index is 0.00341. The van der Waals surface area contributed by atoms with Crippen LogP contribution in [0.5, 0.6) is 5.75 Å². The maximum atomic E-state index is 13.8. The predicted molar refractivity (Wildman–Crippen MR) is 174 cm³/mol. The number of rotatable bonds is 3. The number of hydrogen-bond acceptors (Lipinski definition) is 8. The average Bonchev–Trinajstić information content (AvgIpc) is 3.48. The lowest BCUT2D eigenvalue weighted by atomic mass is 9.99. The van der Waals surface area contributed by atoms with Gasteiger partial charge in [-0.3, -0.25) is 9.59 Å². The first-order chi connectivity index (χ1) is 22.9. The van der Waals surface area contributed by atoms with Crippen LogP contribution in [0.2, 0.25) is 0 Å². The lowest BCUT2D eigenvalue weighted by Gasteiger charge is -2.34. The van der Waals surface area contributed by atoms with Crippen molar-refractivity contribution >= 4 is 33.4 Å². The molecule has 6 rings (SSSR count). The highest BCUT2D eigenvalue weighted by Crippen LogP contribution is 2.30. The number of halogens is 1. The number of likely N-dealkylation sites (tertiary alicyclic amines) is 1. The van der Waals surface area contributed by atoms with Crippen molar-refractivity contribution in [1.82, 2.24) is 15.5 Å². The molecular weight excluding hydrogens is 643 g/mol. The summed E-state index contributed by atoms with van der Waals surface area (Å²) in [5.41, 5.74) is 1.87. The number of ether oxygens (including phenoxy) is 2. The standard InChI is InChI=1S/C34H37FN4O8S/c1-48(44,45)26-9-5-20(6-10-26)21-7-11-27-30(15-21)46-14-13-25-8-12-29(40)31(47-25)18-36-33(42)28-17-24(37-32(27)41)19-39(28)34(43)38-23-4-2-3-22(35)16-23/h2-7,9-11,15-16,24-25,28-29,31,40H,8,12-14,17-19H2,1H3,(H,36,42)(H,37,41)(H,38,43)/t24-,25-,28-,29-,31+/m0/s1. The molecule has 2 fully saturated rings. The van der Waals surface area contributed by atoms with Gasteiger partial charge in [-0.25, -0.2) is 17.6 Å². The van der Waals surface area contributed by atoms with Crippen LogP contribution in [0.15, 0.2) is 71.6 Å². The van der Waals surface area contributed by atoms with E-state index in [1.54, 1.807) is 30.3 Å². The zero-order chi connectivity index (χ0) is 34.0. The minimum Gasteiger partial charge on any atom is -0.493 e. The Balaban J connectivity index is 1.29. The van der Waals surface area contributed by atoms with Crippen LogP contribution in [0.25, 0.3) is 11.1 Å². The highest BCUT2D eigenvalue weighted by Gasteiger charge is 2.41. The minimum atomic E-state index is -3.38. The van der Waals surface area contributed by atoms with E-state index in [0.29, 0.717) is 30.6 Å². The number of urea groups is 1. The van der Waals surface area contributed by atoms with Crippen LogP contribution < -0.4 is 20.7 Å². The summed E-state index contributed by atoms with van der Waals surface area (Å²) < 4.78 is 50.0. The van der Waals surface area contributed by atoms with Crippen LogP contribution in [0.3, 0.4) is 0 Å². The van der Waals surface area contributed by atoms with Crippen molar-refractivity contribution in [1.29, 1.82) is 0 Å². The van der Waals surface area contributed by atoms with Crippen molar-refractivity contribution in [2.75, 3.05) is 31.3 Å². The van der Waals surface area contributed by atoms with E-state index in [1.807, 2.05) is 0 Å². The van der Waals surface area contributed by atoms with Gasteiger partial charge in [0.05, 0.1) is 29.3 Å². The Hall–Kier alpha value is -4.53. The smallest absolute Gasteiger partial charge is 0.322 e. The normalized spacial score (nSPS) is 24.9. The number of carbonyl (C=O) groups is 3. The van der Waals surface area contributed by atoms with Crippen molar-refractivity contribution in [2.24, 2.45) is 0 Å².